The third kappa shape index (κ3) is 3.75. The molecule has 1 aliphatic rings. The summed E-state index contributed by atoms with van der Waals surface area (Å²) in [5.74, 6) is 0. The summed E-state index contributed by atoms with van der Waals surface area (Å²) in [6.07, 6.45) is 2.20. The maximum Gasteiger partial charge on any atom is 0.0631 e. The smallest absolute Gasteiger partial charge is 0.0631 e. The van der Waals surface area contributed by atoms with Gasteiger partial charge in [-0.15, -0.1) is 5.73 Å². The van der Waals surface area contributed by atoms with Gasteiger partial charge in [0.2, 0.25) is 0 Å². The summed E-state index contributed by atoms with van der Waals surface area (Å²) in [6.45, 7) is 0. The molecule has 200 valence electrons. The largest absolute Gasteiger partial charge is 0.308 e. The van der Waals surface area contributed by atoms with Crippen LogP contribution >= 0.6 is 11.8 Å². The van der Waals surface area contributed by atoms with E-state index >= 15 is 0 Å². The molecule has 0 bridgehead atoms. The standard InChI is InChI=1S/C41H25NS/c1-3-11-27(12-4-1)28-19-21-30(22-20-28)42-40-35-23-25-37(29-13-5-2-6-14-29)43-38(35)26-24-36(40)39-33-17-9-7-15-31(33)32-16-8-10-18-34(32)41(39)42/h1-24,26H. The molecule has 7 aromatic carbocycles. The monoisotopic (exact) mass is 563 g/mol. The minimum Gasteiger partial charge on any atom is -0.308 e. The van der Waals surface area contributed by atoms with Crippen LogP contribution in [0.1, 0.15) is 11.1 Å². The lowest BCUT2D eigenvalue weighted by molar-refractivity contribution is 1.18. The molecule has 0 N–H and O–H groups in total. The van der Waals surface area contributed by atoms with E-state index in [1.807, 2.05) is 0 Å². The molecule has 1 nitrogen and oxygen atoms in total. The quantitative estimate of drug-likeness (QED) is 0.153. The summed E-state index contributed by atoms with van der Waals surface area (Å²) in [5, 5.41) is 7.69. The van der Waals surface area contributed by atoms with E-state index in [1.165, 1.54) is 70.5 Å². The third-order valence-electron chi connectivity index (χ3n) is 8.63. The molecule has 0 radical (unpaired) electrons. The van der Waals surface area contributed by atoms with Crippen LogP contribution < -0.4 is 0 Å². The number of hydrogen-bond donors (Lipinski definition) is 0. The molecule has 0 aliphatic carbocycles. The van der Waals surface area contributed by atoms with E-state index in [4.69, 9.17) is 0 Å². The number of hydrogen-bond acceptors (Lipinski definition) is 1. The van der Waals surface area contributed by atoms with Gasteiger partial charge >= 0.3 is 0 Å². The van der Waals surface area contributed by atoms with Crippen LogP contribution in [0.5, 0.6) is 0 Å². The Kier molecular flexibility index (Phi) is 5.46. The van der Waals surface area contributed by atoms with E-state index in [0.717, 1.165) is 10.6 Å². The first-order valence-corrected chi connectivity index (χ1v) is 15.4. The number of fused-ring (bicyclic) bond motifs is 10. The van der Waals surface area contributed by atoms with Crippen molar-refractivity contribution < 1.29 is 0 Å². The highest BCUT2D eigenvalue weighted by atomic mass is 32.2. The number of nitrogens with zero attached hydrogens (tertiary/aromatic N) is 1. The first-order valence-electron chi connectivity index (χ1n) is 14.6. The fourth-order valence-corrected chi connectivity index (χ4v) is 7.69. The molecular formula is C41H25NS. The Hall–Kier alpha value is -5.27. The highest BCUT2D eigenvalue weighted by Gasteiger charge is 2.23. The summed E-state index contributed by atoms with van der Waals surface area (Å²) in [4.78, 5) is 2.40. The number of aromatic nitrogens is 1. The predicted octanol–water partition coefficient (Wildman–Crippen LogP) is 11.5. The zero-order valence-electron chi connectivity index (χ0n) is 23.3. The van der Waals surface area contributed by atoms with E-state index in [-0.39, 0.29) is 0 Å². The first-order chi connectivity index (χ1) is 21.3. The second-order valence-corrected chi connectivity index (χ2v) is 12.1. The Labute approximate surface area is 254 Å². The van der Waals surface area contributed by atoms with Gasteiger partial charge < -0.3 is 4.57 Å². The van der Waals surface area contributed by atoms with Crippen molar-refractivity contribution in [2.75, 3.05) is 0 Å². The summed E-state index contributed by atoms with van der Waals surface area (Å²) < 4.78 is 2.50. The lowest BCUT2D eigenvalue weighted by Crippen LogP contribution is -1.98. The molecule has 0 saturated heterocycles. The summed E-state index contributed by atoms with van der Waals surface area (Å²) in [5.41, 5.74) is 12.2. The molecular weight excluding hydrogens is 539 g/mol. The molecule has 2 heteroatoms. The normalized spacial score (nSPS) is 12.7. The minimum absolute atomic E-state index is 1.15. The maximum absolute atomic E-state index is 3.65. The average molecular weight is 564 g/mol. The van der Waals surface area contributed by atoms with Crippen LogP contribution in [0.3, 0.4) is 0 Å². The third-order valence-corrected chi connectivity index (χ3v) is 9.76. The van der Waals surface area contributed by atoms with Gasteiger partial charge in [-0.3, -0.25) is 0 Å². The van der Waals surface area contributed by atoms with Crippen LogP contribution in [0.2, 0.25) is 0 Å². The molecule has 1 aliphatic heterocycles. The fraction of sp³-hybridized carbons (Fsp3) is 0. The van der Waals surface area contributed by atoms with Gasteiger partial charge in [-0.25, -0.2) is 0 Å². The van der Waals surface area contributed by atoms with Gasteiger partial charge in [0.1, 0.15) is 0 Å². The van der Waals surface area contributed by atoms with E-state index in [1.54, 1.807) is 11.8 Å². The zero-order valence-corrected chi connectivity index (χ0v) is 24.1. The topological polar surface area (TPSA) is 4.93 Å². The fourth-order valence-electron chi connectivity index (χ4n) is 6.70. The van der Waals surface area contributed by atoms with Gasteiger partial charge in [0.15, 0.2) is 0 Å². The molecule has 9 rings (SSSR count). The molecule has 0 amide bonds. The summed E-state index contributed by atoms with van der Waals surface area (Å²) >= 11 is 1.81. The van der Waals surface area contributed by atoms with Crippen molar-refractivity contribution in [1.82, 2.24) is 4.57 Å². The van der Waals surface area contributed by atoms with Crippen molar-refractivity contribution in [3.05, 3.63) is 162 Å². The van der Waals surface area contributed by atoms with E-state index in [9.17, 15) is 0 Å². The minimum atomic E-state index is 1.15. The van der Waals surface area contributed by atoms with Crippen molar-refractivity contribution in [3.8, 4) is 16.8 Å². The molecule has 1 aromatic heterocycles. The van der Waals surface area contributed by atoms with Crippen molar-refractivity contribution >= 4 is 66.1 Å². The van der Waals surface area contributed by atoms with Gasteiger partial charge in [-0.1, -0.05) is 139 Å². The molecule has 8 aromatic rings. The lowest BCUT2D eigenvalue weighted by Gasteiger charge is -2.16. The van der Waals surface area contributed by atoms with Crippen molar-refractivity contribution in [3.63, 3.8) is 0 Å². The second-order valence-electron chi connectivity index (χ2n) is 11.0. The molecule has 43 heavy (non-hydrogen) atoms. The van der Waals surface area contributed by atoms with Gasteiger partial charge in [-0.2, -0.15) is 0 Å². The van der Waals surface area contributed by atoms with Crippen LogP contribution in [0.4, 0.5) is 0 Å². The SMILES string of the molecule is C1=Cc2c(ccc3c4c5ccccc5c5ccccc5c4n(-c4ccc(-c5ccccc5)cc4)c23)SC=1c1ccccc1. The first kappa shape index (κ1) is 24.3. The molecule has 0 saturated carbocycles. The van der Waals surface area contributed by atoms with Crippen molar-refractivity contribution in [2.45, 2.75) is 4.90 Å². The van der Waals surface area contributed by atoms with Crippen LogP contribution in [0.25, 0.3) is 71.1 Å². The number of thioether (sulfide) groups is 1. The van der Waals surface area contributed by atoms with E-state index in [2.05, 4.69) is 162 Å². The van der Waals surface area contributed by atoms with Crippen LogP contribution in [-0.4, -0.2) is 4.57 Å². The van der Waals surface area contributed by atoms with Gasteiger partial charge in [0.25, 0.3) is 0 Å². The zero-order chi connectivity index (χ0) is 28.3. The Bertz CT molecular complexity index is 2430. The van der Waals surface area contributed by atoms with Gasteiger partial charge in [0.05, 0.1) is 15.9 Å². The Morgan fingerprint density at radius 3 is 1.74 bits per heavy atom. The van der Waals surface area contributed by atoms with Crippen molar-refractivity contribution in [2.24, 2.45) is 0 Å². The maximum atomic E-state index is 3.65. The highest BCUT2D eigenvalue weighted by molar-refractivity contribution is 8.08. The molecule has 0 atom stereocenters. The molecule has 0 fully saturated rings. The summed E-state index contributed by atoms with van der Waals surface area (Å²) in [7, 11) is 0. The van der Waals surface area contributed by atoms with Crippen LogP contribution in [0.15, 0.2) is 156 Å². The van der Waals surface area contributed by atoms with Gasteiger partial charge in [-0.05, 0) is 57.1 Å². The Balaban J connectivity index is 1.42. The van der Waals surface area contributed by atoms with Crippen molar-refractivity contribution in [1.29, 1.82) is 0 Å². The van der Waals surface area contributed by atoms with Gasteiger partial charge in [0, 0.05) is 32.3 Å². The number of benzene rings is 7. The molecule has 0 spiro atoms. The van der Waals surface area contributed by atoms with E-state index < -0.39 is 0 Å². The average Bonchev–Trinajstić information content (AvgIpc) is 3.45. The summed E-state index contributed by atoms with van der Waals surface area (Å²) in [6, 6.07) is 52.6. The molecule has 0 unspecified atom stereocenters. The number of rotatable bonds is 3. The second kappa shape index (κ2) is 9.64. The van der Waals surface area contributed by atoms with E-state index in [0.29, 0.717) is 0 Å². The highest BCUT2D eigenvalue weighted by Crippen LogP contribution is 2.47. The lowest BCUT2D eigenvalue weighted by atomic mass is 9.96. The van der Waals surface area contributed by atoms with Crippen LogP contribution in [0, 0.1) is 0 Å². The van der Waals surface area contributed by atoms with Crippen LogP contribution in [-0.2, 0) is 0 Å². The predicted molar refractivity (Wildman–Crippen MR) is 185 cm³/mol. The Morgan fingerprint density at radius 1 is 0.442 bits per heavy atom. The Morgan fingerprint density at radius 2 is 1.02 bits per heavy atom. The molecule has 2 heterocycles.